The Morgan fingerprint density at radius 2 is 2.07 bits per heavy atom. The number of aryl methyl sites for hydroxylation is 2. The summed E-state index contributed by atoms with van der Waals surface area (Å²) in [6, 6.07) is 11.6. The number of benzene rings is 1. The van der Waals surface area contributed by atoms with Gasteiger partial charge in [0, 0.05) is 20.6 Å². The van der Waals surface area contributed by atoms with E-state index in [1.807, 2.05) is 55.7 Å². The summed E-state index contributed by atoms with van der Waals surface area (Å²) in [7, 11) is 3.65. The van der Waals surface area contributed by atoms with E-state index >= 15 is 0 Å². The van der Waals surface area contributed by atoms with Crippen LogP contribution in [0.15, 0.2) is 41.8 Å². The van der Waals surface area contributed by atoms with Crippen LogP contribution in [0.2, 0.25) is 0 Å². The standard InChI is InChI=1S/C22H20N4O3S/c1-13-20-15(10-16(19-5-4-8-30-19)23-21(20)26(3)24-13)22(27)25(2)11-14-6-7-17-18(9-14)29-12-28-17/h4-10H,11-12H2,1-3H3. The second kappa shape index (κ2) is 7.14. The molecule has 0 spiro atoms. The molecule has 4 heterocycles. The Morgan fingerprint density at radius 3 is 2.87 bits per heavy atom. The van der Waals surface area contributed by atoms with E-state index < -0.39 is 0 Å². The number of fused-ring (bicyclic) bond motifs is 2. The second-order valence-electron chi connectivity index (χ2n) is 7.29. The maximum absolute atomic E-state index is 13.5. The summed E-state index contributed by atoms with van der Waals surface area (Å²) in [4.78, 5) is 21.0. The Hall–Kier alpha value is -3.39. The van der Waals surface area contributed by atoms with Gasteiger partial charge in [0.15, 0.2) is 17.1 Å². The number of pyridine rings is 1. The lowest BCUT2D eigenvalue weighted by molar-refractivity contribution is 0.0787. The lowest BCUT2D eigenvalue weighted by atomic mass is 10.1. The Labute approximate surface area is 177 Å². The molecule has 0 saturated heterocycles. The zero-order valence-electron chi connectivity index (χ0n) is 16.9. The van der Waals surface area contributed by atoms with Crippen molar-refractivity contribution in [2.24, 2.45) is 7.05 Å². The molecule has 8 heteroatoms. The molecular weight excluding hydrogens is 400 g/mol. The van der Waals surface area contributed by atoms with Crippen LogP contribution in [0.25, 0.3) is 21.6 Å². The zero-order chi connectivity index (χ0) is 20.8. The molecule has 1 amide bonds. The summed E-state index contributed by atoms with van der Waals surface area (Å²) in [5.41, 5.74) is 3.86. The summed E-state index contributed by atoms with van der Waals surface area (Å²) in [6.07, 6.45) is 0. The van der Waals surface area contributed by atoms with Gasteiger partial charge in [-0.25, -0.2) is 4.98 Å². The number of rotatable bonds is 4. The average molecular weight is 420 g/mol. The third kappa shape index (κ3) is 3.09. The van der Waals surface area contributed by atoms with Gasteiger partial charge in [-0.1, -0.05) is 12.1 Å². The third-order valence-corrected chi connectivity index (χ3v) is 6.07. The van der Waals surface area contributed by atoms with Crippen LogP contribution in [-0.2, 0) is 13.6 Å². The van der Waals surface area contributed by atoms with E-state index in [0.717, 1.165) is 33.0 Å². The van der Waals surface area contributed by atoms with Gasteiger partial charge in [0.05, 0.1) is 27.2 Å². The molecule has 4 aromatic rings. The van der Waals surface area contributed by atoms with Gasteiger partial charge in [-0.3, -0.25) is 9.48 Å². The van der Waals surface area contributed by atoms with Crippen molar-refractivity contribution in [3.63, 3.8) is 0 Å². The third-order valence-electron chi connectivity index (χ3n) is 5.18. The normalized spacial score (nSPS) is 12.5. The van der Waals surface area contributed by atoms with Crippen molar-refractivity contribution in [3.05, 3.63) is 58.6 Å². The molecule has 7 nitrogen and oxygen atoms in total. The highest BCUT2D eigenvalue weighted by Gasteiger charge is 2.22. The van der Waals surface area contributed by atoms with Crippen LogP contribution >= 0.6 is 11.3 Å². The minimum atomic E-state index is -0.0750. The van der Waals surface area contributed by atoms with Gasteiger partial charge in [0.25, 0.3) is 5.91 Å². The van der Waals surface area contributed by atoms with Crippen molar-refractivity contribution in [1.82, 2.24) is 19.7 Å². The summed E-state index contributed by atoms with van der Waals surface area (Å²) in [5.74, 6) is 1.37. The van der Waals surface area contributed by atoms with Crippen molar-refractivity contribution >= 4 is 28.3 Å². The molecule has 0 unspecified atom stereocenters. The summed E-state index contributed by atoms with van der Waals surface area (Å²) < 4.78 is 12.6. The summed E-state index contributed by atoms with van der Waals surface area (Å²) in [5, 5.41) is 7.29. The SMILES string of the molecule is Cc1nn(C)c2nc(-c3cccs3)cc(C(=O)N(C)Cc3ccc4c(c3)OCO4)c12. The molecule has 1 aliphatic rings. The monoisotopic (exact) mass is 420 g/mol. The molecule has 0 aliphatic carbocycles. The van der Waals surface area contributed by atoms with Crippen LogP contribution in [-0.4, -0.2) is 39.4 Å². The highest BCUT2D eigenvalue weighted by molar-refractivity contribution is 7.13. The van der Waals surface area contributed by atoms with Gasteiger partial charge < -0.3 is 14.4 Å². The van der Waals surface area contributed by atoms with E-state index in [9.17, 15) is 4.79 Å². The lowest BCUT2D eigenvalue weighted by Crippen LogP contribution is -2.26. The van der Waals surface area contributed by atoms with Crippen LogP contribution in [0.5, 0.6) is 11.5 Å². The molecule has 1 aliphatic heterocycles. The fourth-order valence-corrected chi connectivity index (χ4v) is 4.44. The quantitative estimate of drug-likeness (QED) is 0.499. The Balaban J connectivity index is 1.53. The van der Waals surface area contributed by atoms with Gasteiger partial charge in [0.1, 0.15) is 0 Å². The fourth-order valence-electron chi connectivity index (χ4n) is 3.75. The molecule has 30 heavy (non-hydrogen) atoms. The first kappa shape index (κ1) is 18.6. The topological polar surface area (TPSA) is 69.5 Å². The summed E-state index contributed by atoms with van der Waals surface area (Å²) in [6.45, 7) is 2.59. The number of nitrogens with zero attached hydrogens (tertiary/aromatic N) is 4. The first-order chi connectivity index (χ1) is 14.5. The lowest BCUT2D eigenvalue weighted by Gasteiger charge is -2.18. The number of aromatic nitrogens is 3. The van der Waals surface area contributed by atoms with Crippen molar-refractivity contribution in [2.45, 2.75) is 13.5 Å². The first-order valence-electron chi connectivity index (χ1n) is 9.53. The fraction of sp³-hybridized carbons (Fsp3) is 0.227. The van der Waals surface area contributed by atoms with Gasteiger partial charge in [-0.15, -0.1) is 11.3 Å². The number of amides is 1. The number of hydrogen-bond acceptors (Lipinski definition) is 6. The van der Waals surface area contributed by atoms with E-state index in [1.54, 1.807) is 28.0 Å². The molecule has 0 atom stereocenters. The van der Waals surface area contributed by atoms with E-state index in [2.05, 4.69) is 5.10 Å². The van der Waals surface area contributed by atoms with Crippen LogP contribution in [0.4, 0.5) is 0 Å². The van der Waals surface area contributed by atoms with E-state index in [4.69, 9.17) is 14.5 Å². The maximum Gasteiger partial charge on any atom is 0.254 e. The van der Waals surface area contributed by atoms with Crippen LogP contribution < -0.4 is 9.47 Å². The second-order valence-corrected chi connectivity index (χ2v) is 8.24. The van der Waals surface area contributed by atoms with E-state index in [-0.39, 0.29) is 12.7 Å². The molecule has 152 valence electrons. The number of carbonyl (C=O) groups is 1. The van der Waals surface area contributed by atoms with Gasteiger partial charge >= 0.3 is 0 Å². The first-order valence-corrected chi connectivity index (χ1v) is 10.4. The molecule has 1 aromatic carbocycles. The molecule has 0 bridgehead atoms. The van der Waals surface area contributed by atoms with Crippen LogP contribution in [0.1, 0.15) is 21.6 Å². The number of ether oxygens (including phenoxy) is 2. The predicted octanol–water partition coefficient (Wildman–Crippen LogP) is 4.01. The Kier molecular flexibility index (Phi) is 4.43. The zero-order valence-corrected chi connectivity index (χ0v) is 17.7. The van der Waals surface area contributed by atoms with E-state index in [1.165, 1.54) is 0 Å². The molecule has 0 N–H and O–H groups in total. The molecular formula is C22H20N4O3S. The highest BCUT2D eigenvalue weighted by Crippen LogP contribution is 2.33. The van der Waals surface area contributed by atoms with Crippen molar-refractivity contribution < 1.29 is 14.3 Å². The average Bonchev–Trinajstić information content (AvgIpc) is 3.48. The van der Waals surface area contributed by atoms with E-state index in [0.29, 0.717) is 23.5 Å². The molecule has 0 radical (unpaired) electrons. The van der Waals surface area contributed by atoms with Crippen molar-refractivity contribution in [1.29, 1.82) is 0 Å². The van der Waals surface area contributed by atoms with Crippen molar-refractivity contribution in [3.8, 4) is 22.1 Å². The van der Waals surface area contributed by atoms with Crippen LogP contribution in [0.3, 0.4) is 0 Å². The number of hydrogen-bond donors (Lipinski definition) is 0. The van der Waals surface area contributed by atoms with Crippen LogP contribution in [0, 0.1) is 6.92 Å². The maximum atomic E-state index is 13.5. The Bertz CT molecular complexity index is 1260. The van der Waals surface area contributed by atoms with Gasteiger partial charge in [0.2, 0.25) is 6.79 Å². The summed E-state index contributed by atoms with van der Waals surface area (Å²) >= 11 is 1.60. The highest BCUT2D eigenvalue weighted by atomic mass is 32.1. The molecule has 0 saturated carbocycles. The minimum absolute atomic E-state index is 0.0750. The predicted molar refractivity (Wildman–Crippen MR) is 115 cm³/mol. The minimum Gasteiger partial charge on any atom is -0.454 e. The largest absolute Gasteiger partial charge is 0.454 e. The van der Waals surface area contributed by atoms with Gasteiger partial charge in [-0.2, -0.15) is 5.10 Å². The smallest absolute Gasteiger partial charge is 0.254 e. The molecule has 5 rings (SSSR count). The van der Waals surface area contributed by atoms with Crippen molar-refractivity contribution in [2.75, 3.05) is 13.8 Å². The Morgan fingerprint density at radius 1 is 1.23 bits per heavy atom. The number of thiophene rings is 1. The van der Waals surface area contributed by atoms with Gasteiger partial charge in [-0.05, 0) is 42.1 Å². The number of carbonyl (C=O) groups excluding carboxylic acids is 1. The molecule has 3 aromatic heterocycles. The molecule has 0 fully saturated rings.